The largest absolute Gasteiger partial charge is 0.382 e. The van der Waals surface area contributed by atoms with Gasteiger partial charge >= 0.3 is 0 Å². The second kappa shape index (κ2) is 11.0. The predicted octanol–water partition coefficient (Wildman–Crippen LogP) is 5.25. The van der Waals surface area contributed by atoms with E-state index in [1.807, 2.05) is 12.1 Å². The first-order valence-electron chi connectivity index (χ1n) is 13.0. The number of H-pyrrole nitrogens is 1. The van der Waals surface area contributed by atoms with Gasteiger partial charge in [0.2, 0.25) is 5.95 Å². The van der Waals surface area contributed by atoms with E-state index in [-0.39, 0.29) is 28.0 Å². The number of anilines is 1. The number of ether oxygens (including phenoxy) is 1. The molecule has 7 nitrogen and oxygen atoms in total. The van der Waals surface area contributed by atoms with Crippen LogP contribution in [0.2, 0.25) is 0 Å². The Labute approximate surface area is 219 Å². The Kier molecular flexibility index (Phi) is 7.49. The summed E-state index contributed by atoms with van der Waals surface area (Å²) in [5, 5.41) is 0.327. The zero-order valence-electron chi connectivity index (χ0n) is 21.6. The minimum Gasteiger partial charge on any atom is -0.382 e. The van der Waals surface area contributed by atoms with Crippen molar-refractivity contribution < 1.29 is 13.5 Å². The van der Waals surface area contributed by atoms with Gasteiger partial charge in [0.25, 0.3) is 5.56 Å². The first-order valence-corrected chi connectivity index (χ1v) is 13.0. The van der Waals surface area contributed by atoms with E-state index in [2.05, 4.69) is 39.8 Å². The molecule has 9 heteroatoms. The van der Waals surface area contributed by atoms with Gasteiger partial charge in [-0.25, -0.2) is 9.37 Å². The molecule has 1 fully saturated rings. The Morgan fingerprint density at radius 1 is 1.00 bits per heavy atom. The molecule has 0 bridgehead atoms. The lowest BCUT2D eigenvalue weighted by molar-refractivity contribution is 0.0850. The van der Waals surface area contributed by atoms with Gasteiger partial charge in [0.15, 0.2) is 5.82 Å². The molecule has 0 atom stereocenters. The number of hydrogen-bond donors (Lipinski definition) is 2. The van der Waals surface area contributed by atoms with Crippen molar-refractivity contribution in [1.82, 2.24) is 19.9 Å². The smallest absolute Gasteiger partial charge is 0.256 e. The van der Waals surface area contributed by atoms with Crippen molar-refractivity contribution in [2.45, 2.75) is 39.2 Å². The maximum absolute atomic E-state index is 15.2. The minimum absolute atomic E-state index is 0.0694. The Bertz CT molecular complexity index is 1530. The first kappa shape index (κ1) is 25.9. The highest BCUT2D eigenvalue weighted by molar-refractivity contribution is 5.88. The molecule has 198 valence electrons. The van der Waals surface area contributed by atoms with Crippen LogP contribution in [0, 0.1) is 11.8 Å². The van der Waals surface area contributed by atoms with Crippen LogP contribution in [-0.4, -0.2) is 46.2 Å². The molecule has 2 aromatic carbocycles. The highest BCUT2D eigenvalue weighted by Gasteiger charge is 2.22. The second-order valence-corrected chi connectivity index (χ2v) is 9.58. The molecule has 4 aromatic rings. The number of rotatable bonds is 7. The van der Waals surface area contributed by atoms with E-state index in [9.17, 15) is 9.18 Å². The molecule has 1 saturated heterocycles. The van der Waals surface area contributed by atoms with Crippen molar-refractivity contribution in [2.24, 2.45) is 0 Å². The number of benzene rings is 2. The molecule has 0 spiro atoms. The monoisotopic (exact) mass is 519 g/mol. The molecule has 0 amide bonds. The van der Waals surface area contributed by atoms with E-state index in [1.165, 1.54) is 17.7 Å². The number of pyridine rings is 1. The fourth-order valence-electron chi connectivity index (χ4n) is 5.18. The van der Waals surface area contributed by atoms with E-state index < -0.39 is 17.3 Å². The number of hydrogen-bond acceptors (Lipinski definition) is 6. The summed E-state index contributed by atoms with van der Waals surface area (Å²) >= 11 is 0. The lowest BCUT2D eigenvalue weighted by Gasteiger charge is -2.27. The van der Waals surface area contributed by atoms with Crippen molar-refractivity contribution in [2.75, 3.05) is 32.0 Å². The molecule has 0 aliphatic carbocycles. The van der Waals surface area contributed by atoms with Crippen LogP contribution in [0.4, 0.5) is 14.6 Å². The van der Waals surface area contributed by atoms with Crippen molar-refractivity contribution in [3.63, 3.8) is 0 Å². The summed E-state index contributed by atoms with van der Waals surface area (Å²) in [5.74, 6) is -1.09. The van der Waals surface area contributed by atoms with Crippen molar-refractivity contribution in [3.8, 4) is 22.5 Å². The number of nitrogens with one attached hydrogen (secondary N) is 1. The fourth-order valence-corrected chi connectivity index (χ4v) is 5.18. The zero-order valence-corrected chi connectivity index (χ0v) is 21.6. The number of halogens is 2. The topological polar surface area (TPSA) is 97.1 Å². The van der Waals surface area contributed by atoms with E-state index in [0.29, 0.717) is 17.0 Å². The average molecular weight is 520 g/mol. The molecule has 0 unspecified atom stereocenters. The van der Waals surface area contributed by atoms with E-state index in [1.54, 1.807) is 6.07 Å². The molecular weight excluding hydrogens is 488 g/mol. The molecule has 3 heterocycles. The SMILES string of the molecule is CCN(CC)Cc1cc(-c2nc(-c3ccc4c(=O)[nH]cc(F)c4c3)c(N)nc2F)ccc1C1CCOCC1. The number of aromatic amines is 1. The normalized spacial score (nSPS) is 14.4. The van der Waals surface area contributed by atoms with Crippen LogP contribution in [0.3, 0.4) is 0 Å². The molecule has 38 heavy (non-hydrogen) atoms. The van der Waals surface area contributed by atoms with Crippen LogP contribution in [0.1, 0.15) is 43.7 Å². The van der Waals surface area contributed by atoms with E-state index in [4.69, 9.17) is 10.5 Å². The number of nitrogen functional groups attached to an aromatic ring is 1. The van der Waals surface area contributed by atoms with Gasteiger partial charge in [-0.3, -0.25) is 9.69 Å². The highest BCUT2D eigenvalue weighted by Crippen LogP contribution is 2.35. The number of nitrogens with zero attached hydrogens (tertiary/aromatic N) is 3. The van der Waals surface area contributed by atoms with Crippen LogP contribution >= 0.6 is 0 Å². The summed E-state index contributed by atoms with van der Waals surface area (Å²) in [6, 6.07) is 10.5. The van der Waals surface area contributed by atoms with Gasteiger partial charge in [-0.15, -0.1) is 0 Å². The molecule has 0 saturated carbocycles. The number of aromatic nitrogens is 3. The highest BCUT2D eigenvalue weighted by atomic mass is 19.1. The van der Waals surface area contributed by atoms with Crippen molar-refractivity contribution in [1.29, 1.82) is 0 Å². The first-order chi connectivity index (χ1) is 18.4. The second-order valence-electron chi connectivity index (χ2n) is 9.58. The maximum atomic E-state index is 15.2. The third-order valence-corrected chi connectivity index (χ3v) is 7.37. The van der Waals surface area contributed by atoms with Gasteiger partial charge in [0.05, 0.1) is 0 Å². The van der Waals surface area contributed by atoms with Gasteiger partial charge in [-0.2, -0.15) is 9.37 Å². The van der Waals surface area contributed by atoms with Gasteiger partial charge in [0.1, 0.15) is 17.2 Å². The molecule has 1 aliphatic rings. The van der Waals surface area contributed by atoms with E-state index >= 15 is 4.39 Å². The maximum Gasteiger partial charge on any atom is 0.256 e. The molecule has 1 aliphatic heterocycles. The summed E-state index contributed by atoms with van der Waals surface area (Å²) in [6.07, 6.45) is 2.91. The molecule has 3 N–H and O–H groups in total. The third kappa shape index (κ3) is 5.04. The number of fused-ring (bicyclic) bond motifs is 1. The van der Waals surface area contributed by atoms with Crippen LogP contribution in [0.5, 0.6) is 0 Å². The summed E-state index contributed by atoms with van der Waals surface area (Å²) in [6.45, 7) is 8.25. The third-order valence-electron chi connectivity index (χ3n) is 7.37. The van der Waals surface area contributed by atoms with Crippen LogP contribution in [0.15, 0.2) is 47.4 Å². The summed E-state index contributed by atoms with van der Waals surface area (Å²) in [4.78, 5) is 25.3. The number of nitrogens with two attached hydrogens (primary N) is 1. The predicted molar refractivity (Wildman–Crippen MR) is 145 cm³/mol. The summed E-state index contributed by atoms with van der Waals surface area (Å²) in [7, 11) is 0. The fraction of sp³-hybridized carbons (Fsp3) is 0.345. The molecule has 0 radical (unpaired) electrons. The quantitative estimate of drug-likeness (QED) is 0.346. The van der Waals surface area contributed by atoms with Gasteiger partial charge < -0.3 is 15.5 Å². The molecule has 5 rings (SSSR count). The summed E-state index contributed by atoms with van der Waals surface area (Å²) in [5.41, 5.74) is 9.38. The zero-order chi connectivity index (χ0) is 26.8. The van der Waals surface area contributed by atoms with Crippen molar-refractivity contribution in [3.05, 3.63) is 75.8 Å². The average Bonchev–Trinajstić information content (AvgIpc) is 2.94. The van der Waals surface area contributed by atoms with Gasteiger partial charge in [0, 0.05) is 47.9 Å². The van der Waals surface area contributed by atoms with Crippen LogP contribution in [-0.2, 0) is 11.3 Å². The van der Waals surface area contributed by atoms with Gasteiger partial charge in [-0.1, -0.05) is 32.0 Å². The Morgan fingerprint density at radius 3 is 2.45 bits per heavy atom. The van der Waals surface area contributed by atoms with Crippen molar-refractivity contribution >= 4 is 16.6 Å². The Morgan fingerprint density at radius 2 is 1.71 bits per heavy atom. The molecule has 2 aromatic heterocycles. The Hall–Kier alpha value is -3.69. The Balaban J connectivity index is 1.61. The van der Waals surface area contributed by atoms with Crippen LogP contribution in [0.25, 0.3) is 33.3 Å². The minimum atomic E-state index is -0.776. The summed E-state index contributed by atoms with van der Waals surface area (Å²) < 4.78 is 35.2. The molecular formula is C29H31F2N5O2. The van der Waals surface area contributed by atoms with Gasteiger partial charge in [-0.05, 0) is 61.2 Å². The lowest BCUT2D eigenvalue weighted by Crippen LogP contribution is -2.24. The lowest BCUT2D eigenvalue weighted by atomic mass is 9.87. The standard InChI is InChI=1S/C29H31F2N5O2/c1-3-36(4-2)16-20-13-18(5-7-21(20)17-9-11-38-12-10-17)25-27(31)35-28(32)26(34-25)19-6-8-22-23(14-19)24(30)15-33-29(22)37/h5-8,13-15,17H,3-4,9-12,16H2,1-2H3,(H2,32,35)(H,33,37). The van der Waals surface area contributed by atoms with Crippen LogP contribution < -0.4 is 11.3 Å². The van der Waals surface area contributed by atoms with E-state index in [0.717, 1.165) is 57.4 Å².